The second kappa shape index (κ2) is 5.40. The third-order valence-corrected chi connectivity index (χ3v) is 4.63. The maximum Gasteiger partial charge on any atom is 0.208 e. The standard InChI is InChI=1S/C12H19N3OS/c1-2-5-9(4-1)11-13-12(15-14-11)17-8-10-6-3-7-16-10/h9-10H,1-8H2,(H,13,14,15)/t10-/m1/s1. The number of hydrogen-bond donors (Lipinski definition) is 1. The van der Waals surface area contributed by atoms with Crippen molar-refractivity contribution in [3.8, 4) is 0 Å². The quantitative estimate of drug-likeness (QED) is 0.838. The van der Waals surface area contributed by atoms with Crippen LogP contribution in [0.3, 0.4) is 0 Å². The van der Waals surface area contributed by atoms with E-state index >= 15 is 0 Å². The number of ether oxygens (including phenoxy) is 1. The number of nitrogens with one attached hydrogen (secondary N) is 1. The van der Waals surface area contributed by atoms with Crippen molar-refractivity contribution in [2.24, 2.45) is 0 Å². The Morgan fingerprint density at radius 2 is 2.12 bits per heavy atom. The van der Waals surface area contributed by atoms with Gasteiger partial charge in [-0.25, -0.2) is 4.98 Å². The Labute approximate surface area is 106 Å². The molecule has 1 aromatic heterocycles. The second-order valence-corrected chi connectivity index (χ2v) is 5.92. The number of aromatic amines is 1. The van der Waals surface area contributed by atoms with E-state index in [1.54, 1.807) is 11.8 Å². The van der Waals surface area contributed by atoms with Crippen molar-refractivity contribution < 1.29 is 4.74 Å². The van der Waals surface area contributed by atoms with E-state index in [4.69, 9.17) is 4.74 Å². The minimum Gasteiger partial charge on any atom is -0.377 e. The van der Waals surface area contributed by atoms with Gasteiger partial charge in [0, 0.05) is 18.3 Å². The first-order valence-corrected chi connectivity index (χ1v) is 7.57. The monoisotopic (exact) mass is 253 g/mol. The van der Waals surface area contributed by atoms with E-state index in [1.807, 2.05) is 0 Å². The molecule has 1 N–H and O–H groups in total. The summed E-state index contributed by atoms with van der Waals surface area (Å²) >= 11 is 1.72. The van der Waals surface area contributed by atoms with E-state index in [9.17, 15) is 0 Å². The van der Waals surface area contributed by atoms with E-state index in [1.165, 1.54) is 38.5 Å². The molecule has 0 bridgehead atoms. The lowest BCUT2D eigenvalue weighted by molar-refractivity contribution is 0.129. The van der Waals surface area contributed by atoms with E-state index in [2.05, 4.69) is 15.2 Å². The van der Waals surface area contributed by atoms with Crippen molar-refractivity contribution in [3.63, 3.8) is 0 Å². The Morgan fingerprint density at radius 3 is 2.88 bits per heavy atom. The number of H-pyrrole nitrogens is 1. The van der Waals surface area contributed by atoms with Crippen LogP contribution in [0.4, 0.5) is 0 Å². The highest BCUT2D eigenvalue weighted by molar-refractivity contribution is 7.99. The van der Waals surface area contributed by atoms with E-state index in [0.29, 0.717) is 12.0 Å². The van der Waals surface area contributed by atoms with Gasteiger partial charge in [-0.15, -0.1) is 5.10 Å². The number of aromatic nitrogens is 3. The fourth-order valence-corrected chi connectivity index (χ4v) is 3.52. The van der Waals surface area contributed by atoms with Crippen molar-refractivity contribution in [1.82, 2.24) is 15.2 Å². The van der Waals surface area contributed by atoms with Crippen LogP contribution in [0.25, 0.3) is 0 Å². The van der Waals surface area contributed by atoms with Gasteiger partial charge >= 0.3 is 0 Å². The molecule has 2 fully saturated rings. The Hall–Kier alpha value is -0.550. The van der Waals surface area contributed by atoms with Gasteiger partial charge in [0.05, 0.1) is 6.10 Å². The zero-order valence-corrected chi connectivity index (χ0v) is 10.8. The summed E-state index contributed by atoms with van der Waals surface area (Å²) in [6, 6.07) is 0. The SMILES string of the molecule is C1CCC(c2nc(SC[C@H]3CCCO3)n[nH]2)C1. The fraction of sp³-hybridized carbons (Fsp3) is 0.833. The zero-order chi connectivity index (χ0) is 11.5. The third-order valence-electron chi connectivity index (χ3n) is 3.65. The maximum atomic E-state index is 5.59. The lowest BCUT2D eigenvalue weighted by Gasteiger charge is -2.05. The number of rotatable bonds is 4. The first kappa shape index (κ1) is 11.5. The Bertz CT molecular complexity index is 356. The first-order chi connectivity index (χ1) is 8.42. The lowest BCUT2D eigenvalue weighted by atomic mass is 10.1. The maximum absolute atomic E-state index is 5.59. The molecule has 5 heteroatoms. The van der Waals surface area contributed by atoms with E-state index in [-0.39, 0.29) is 0 Å². The molecular formula is C12H19N3OS. The smallest absolute Gasteiger partial charge is 0.208 e. The Morgan fingerprint density at radius 1 is 1.24 bits per heavy atom. The van der Waals surface area contributed by atoms with Crippen LogP contribution in [-0.2, 0) is 4.74 Å². The molecule has 1 aliphatic carbocycles. The molecule has 4 nitrogen and oxygen atoms in total. The third kappa shape index (κ3) is 2.83. The van der Waals surface area contributed by atoms with Crippen LogP contribution in [0.5, 0.6) is 0 Å². The van der Waals surface area contributed by atoms with Crippen LogP contribution in [0.1, 0.15) is 50.3 Å². The Balaban J connectivity index is 1.52. The van der Waals surface area contributed by atoms with Gasteiger partial charge in [0.2, 0.25) is 5.16 Å². The van der Waals surface area contributed by atoms with Crippen molar-refractivity contribution in [1.29, 1.82) is 0 Å². The molecule has 0 unspecified atom stereocenters. The second-order valence-electron chi connectivity index (χ2n) is 4.93. The predicted octanol–water partition coefficient (Wildman–Crippen LogP) is 2.73. The van der Waals surface area contributed by atoms with Crippen LogP contribution in [0.15, 0.2) is 5.16 Å². The van der Waals surface area contributed by atoms with Gasteiger partial charge in [-0.2, -0.15) is 0 Å². The van der Waals surface area contributed by atoms with E-state index in [0.717, 1.165) is 23.3 Å². The fourth-order valence-electron chi connectivity index (χ4n) is 2.65. The summed E-state index contributed by atoms with van der Waals surface area (Å²) in [6.45, 7) is 0.923. The number of nitrogens with zero attached hydrogens (tertiary/aromatic N) is 2. The highest BCUT2D eigenvalue weighted by Gasteiger charge is 2.21. The summed E-state index contributed by atoms with van der Waals surface area (Å²) in [7, 11) is 0. The van der Waals surface area contributed by atoms with Crippen LogP contribution < -0.4 is 0 Å². The van der Waals surface area contributed by atoms with Crippen LogP contribution in [0.2, 0.25) is 0 Å². The number of hydrogen-bond acceptors (Lipinski definition) is 4. The average molecular weight is 253 g/mol. The van der Waals surface area contributed by atoms with Gasteiger partial charge in [-0.05, 0) is 25.7 Å². The molecule has 1 aliphatic heterocycles. The first-order valence-electron chi connectivity index (χ1n) is 6.58. The molecule has 0 spiro atoms. The van der Waals surface area contributed by atoms with Gasteiger partial charge in [0.25, 0.3) is 0 Å². The van der Waals surface area contributed by atoms with Crippen molar-refractivity contribution in [3.05, 3.63) is 5.82 Å². The van der Waals surface area contributed by atoms with Crippen LogP contribution in [0, 0.1) is 0 Å². The molecule has 2 aliphatic rings. The molecule has 2 heterocycles. The van der Waals surface area contributed by atoms with Crippen molar-refractivity contribution in [2.75, 3.05) is 12.4 Å². The zero-order valence-electron chi connectivity index (χ0n) is 10.0. The molecular weight excluding hydrogens is 234 g/mol. The molecule has 3 rings (SSSR count). The van der Waals surface area contributed by atoms with Crippen molar-refractivity contribution >= 4 is 11.8 Å². The summed E-state index contributed by atoms with van der Waals surface area (Å²) in [5.74, 6) is 2.71. The average Bonchev–Trinajstić information content (AvgIpc) is 3.09. The molecule has 1 atom stereocenters. The highest BCUT2D eigenvalue weighted by atomic mass is 32.2. The van der Waals surface area contributed by atoms with Gasteiger partial charge in [0.15, 0.2) is 0 Å². The highest BCUT2D eigenvalue weighted by Crippen LogP contribution is 2.32. The summed E-state index contributed by atoms with van der Waals surface area (Å²) in [6.07, 6.45) is 8.01. The number of thioether (sulfide) groups is 1. The largest absolute Gasteiger partial charge is 0.377 e. The Kier molecular flexibility index (Phi) is 3.66. The molecule has 17 heavy (non-hydrogen) atoms. The summed E-state index contributed by atoms with van der Waals surface area (Å²) in [5, 5.41) is 8.28. The van der Waals surface area contributed by atoms with Gasteiger partial charge in [0.1, 0.15) is 5.82 Å². The van der Waals surface area contributed by atoms with Crippen molar-refractivity contribution in [2.45, 2.75) is 55.7 Å². The minimum absolute atomic E-state index is 0.411. The van der Waals surface area contributed by atoms with Crippen LogP contribution >= 0.6 is 11.8 Å². The molecule has 0 radical (unpaired) electrons. The molecule has 1 aromatic rings. The molecule has 1 saturated heterocycles. The van der Waals surface area contributed by atoms with Gasteiger partial charge in [-0.3, -0.25) is 5.10 Å². The van der Waals surface area contributed by atoms with Gasteiger partial charge in [-0.1, -0.05) is 24.6 Å². The summed E-state index contributed by atoms with van der Waals surface area (Å²) in [4.78, 5) is 4.59. The lowest BCUT2D eigenvalue weighted by Crippen LogP contribution is -2.07. The van der Waals surface area contributed by atoms with Crippen LogP contribution in [-0.4, -0.2) is 33.6 Å². The molecule has 0 amide bonds. The van der Waals surface area contributed by atoms with Gasteiger partial charge < -0.3 is 4.74 Å². The predicted molar refractivity (Wildman–Crippen MR) is 67.3 cm³/mol. The molecule has 94 valence electrons. The summed E-state index contributed by atoms with van der Waals surface area (Å²) < 4.78 is 5.59. The molecule has 0 aromatic carbocycles. The van der Waals surface area contributed by atoms with E-state index < -0.39 is 0 Å². The normalized spacial score (nSPS) is 25.8. The minimum atomic E-state index is 0.411. The summed E-state index contributed by atoms with van der Waals surface area (Å²) in [5.41, 5.74) is 0. The topological polar surface area (TPSA) is 50.8 Å². The molecule has 1 saturated carbocycles.